The van der Waals surface area contributed by atoms with E-state index in [4.69, 9.17) is 0 Å². The zero-order valence-electron chi connectivity index (χ0n) is 13.2. The smallest absolute Gasteiger partial charge is 0.279 e. The number of piperidine rings is 1. The lowest BCUT2D eigenvalue weighted by Crippen LogP contribution is -2.49. The highest BCUT2D eigenvalue weighted by atomic mass is 32.2. The summed E-state index contributed by atoms with van der Waals surface area (Å²) >= 11 is 1.95. The van der Waals surface area contributed by atoms with Crippen LogP contribution in [0, 0.1) is 5.92 Å². The topological polar surface area (TPSA) is 61.4 Å². The van der Waals surface area contributed by atoms with Crippen molar-refractivity contribution in [2.24, 2.45) is 5.92 Å². The van der Waals surface area contributed by atoms with Crippen molar-refractivity contribution >= 4 is 22.0 Å². The maximum Gasteiger partial charge on any atom is 0.279 e. The third-order valence-corrected chi connectivity index (χ3v) is 7.29. The molecule has 1 saturated heterocycles. The van der Waals surface area contributed by atoms with E-state index in [9.17, 15) is 8.42 Å². The van der Waals surface area contributed by atoms with Crippen molar-refractivity contribution in [3.8, 4) is 0 Å². The molecule has 0 bridgehead atoms. The molecule has 2 aliphatic rings. The van der Waals surface area contributed by atoms with Gasteiger partial charge in [-0.05, 0) is 57.4 Å². The van der Waals surface area contributed by atoms with E-state index >= 15 is 0 Å². The molecule has 0 amide bonds. The van der Waals surface area contributed by atoms with Gasteiger partial charge in [0.05, 0.1) is 0 Å². The van der Waals surface area contributed by atoms with Gasteiger partial charge < -0.3 is 5.32 Å². The molecule has 2 fully saturated rings. The van der Waals surface area contributed by atoms with Gasteiger partial charge in [0.1, 0.15) is 0 Å². The highest BCUT2D eigenvalue weighted by Gasteiger charge is 2.33. The monoisotopic (exact) mass is 335 g/mol. The third-order valence-electron chi connectivity index (χ3n) is 4.42. The lowest BCUT2D eigenvalue weighted by molar-refractivity contribution is 0.259. The first-order chi connectivity index (χ1) is 10.0. The van der Waals surface area contributed by atoms with Crippen LogP contribution in [-0.4, -0.2) is 56.4 Å². The van der Waals surface area contributed by atoms with Crippen LogP contribution in [0.4, 0.5) is 0 Å². The molecule has 1 aliphatic heterocycles. The molecule has 3 atom stereocenters. The number of hydrogen-bond donors (Lipinski definition) is 2. The summed E-state index contributed by atoms with van der Waals surface area (Å²) < 4.78 is 29.7. The number of rotatable bonds is 7. The SMILES string of the molecule is CCSC1CCC(NS(=O)(=O)N2CCCC(CNC)C2)C1. The number of hydrogen-bond acceptors (Lipinski definition) is 4. The van der Waals surface area contributed by atoms with E-state index in [-0.39, 0.29) is 6.04 Å². The Morgan fingerprint density at radius 2 is 2.10 bits per heavy atom. The van der Waals surface area contributed by atoms with Gasteiger partial charge in [-0.2, -0.15) is 29.2 Å². The van der Waals surface area contributed by atoms with Crippen molar-refractivity contribution in [2.75, 3.05) is 32.4 Å². The summed E-state index contributed by atoms with van der Waals surface area (Å²) in [6.07, 6.45) is 5.17. The molecule has 3 unspecified atom stereocenters. The van der Waals surface area contributed by atoms with Gasteiger partial charge >= 0.3 is 0 Å². The molecule has 7 heteroatoms. The van der Waals surface area contributed by atoms with E-state index in [2.05, 4.69) is 17.0 Å². The molecule has 2 N–H and O–H groups in total. The quantitative estimate of drug-likeness (QED) is 0.739. The van der Waals surface area contributed by atoms with Gasteiger partial charge in [0, 0.05) is 24.4 Å². The zero-order chi connectivity index (χ0) is 15.3. The Balaban J connectivity index is 1.86. The van der Waals surface area contributed by atoms with Crippen molar-refractivity contribution in [1.29, 1.82) is 0 Å². The van der Waals surface area contributed by atoms with Crippen LogP contribution in [0.25, 0.3) is 0 Å². The molecule has 0 aromatic rings. The minimum Gasteiger partial charge on any atom is -0.319 e. The van der Waals surface area contributed by atoms with Gasteiger partial charge in [-0.15, -0.1) is 0 Å². The molecule has 0 spiro atoms. The highest BCUT2D eigenvalue weighted by molar-refractivity contribution is 7.99. The summed E-state index contributed by atoms with van der Waals surface area (Å²) in [5.41, 5.74) is 0. The van der Waals surface area contributed by atoms with Crippen molar-refractivity contribution in [3.05, 3.63) is 0 Å². The lowest BCUT2D eigenvalue weighted by Gasteiger charge is -2.32. The molecule has 21 heavy (non-hydrogen) atoms. The number of thioether (sulfide) groups is 1. The number of nitrogens with one attached hydrogen (secondary N) is 2. The van der Waals surface area contributed by atoms with Gasteiger partial charge in [0.15, 0.2) is 0 Å². The normalized spacial score (nSPS) is 31.6. The van der Waals surface area contributed by atoms with Crippen LogP contribution in [0.5, 0.6) is 0 Å². The van der Waals surface area contributed by atoms with Crippen LogP contribution in [0.1, 0.15) is 39.0 Å². The van der Waals surface area contributed by atoms with Crippen LogP contribution in [0.3, 0.4) is 0 Å². The first-order valence-electron chi connectivity index (χ1n) is 8.08. The fourth-order valence-electron chi connectivity index (χ4n) is 3.42. The molecule has 2 rings (SSSR count). The van der Waals surface area contributed by atoms with Crippen LogP contribution < -0.4 is 10.0 Å². The highest BCUT2D eigenvalue weighted by Crippen LogP contribution is 2.30. The van der Waals surface area contributed by atoms with Crippen molar-refractivity contribution in [2.45, 2.75) is 50.3 Å². The molecule has 0 radical (unpaired) electrons. The van der Waals surface area contributed by atoms with E-state index < -0.39 is 10.2 Å². The van der Waals surface area contributed by atoms with Crippen molar-refractivity contribution < 1.29 is 8.42 Å². The number of nitrogens with zero attached hydrogens (tertiary/aromatic N) is 1. The Labute approximate surface area is 133 Å². The second-order valence-corrected chi connectivity index (χ2v) is 9.41. The van der Waals surface area contributed by atoms with Gasteiger partial charge in [0.2, 0.25) is 0 Å². The van der Waals surface area contributed by atoms with Gasteiger partial charge in [-0.1, -0.05) is 6.92 Å². The third kappa shape index (κ3) is 5.10. The summed E-state index contributed by atoms with van der Waals surface area (Å²) in [4.78, 5) is 0. The first-order valence-corrected chi connectivity index (χ1v) is 10.6. The summed E-state index contributed by atoms with van der Waals surface area (Å²) in [6, 6.07) is 0.128. The Morgan fingerprint density at radius 3 is 2.81 bits per heavy atom. The lowest BCUT2D eigenvalue weighted by atomic mass is 10.00. The molecule has 124 valence electrons. The van der Waals surface area contributed by atoms with Crippen molar-refractivity contribution in [1.82, 2.24) is 14.3 Å². The predicted octanol–water partition coefficient (Wildman–Crippen LogP) is 1.43. The molecular formula is C14H29N3O2S2. The van der Waals surface area contributed by atoms with Crippen molar-refractivity contribution in [3.63, 3.8) is 0 Å². The molecule has 0 aromatic carbocycles. The van der Waals surface area contributed by atoms with Gasteiger partial charge in [0.25, 0.3) is 10.2 Å². The Morgan fingerprint density at radius 1 is 1.29 bits per heavy atom. The summed E-state index contributed by atoms with van der Waals surface area (Å²) in [5, 5.41) is 3.78. The zero-order valence-corrected chi connectivity index (χ0v) is 14.8. The molecule has 5 nitrogen and oxygen atoms in total. The van der Waals surface area contributed by atoms with E-state index in [1.165, 1.54) is 0 Å². The van der Waals surface area contributed by atoms with Crippen LogP contribution in [0.15, 0.2) is 0 Å². The first kappa shape index (κ1) is 17.5. The maximum atomic E-state index is 12.5. The molecule has 0 aromatic heterocycles. The fourth-order valence-corrected chi connectivity index (χ4v) is 6.12. The maximum absolute atomic E-state index is 12.5. The standard InChI is InChI=1S/C14H29N3O2S2/c1-3-20-14-7-6-13(9-14)16-21(18,19)17-8-4-5-12(11-17)10-15-2/h12-16H,3-11H2,1-2H3. The van der Waals surface area contributed by atoms with Crippen LogP contribution in [-0.2, 0) is 10.2 Å². The molecule has 1 saturated carbocycles. The van der Waals surface area contributed by atoms with E-state index in [1.54, 1.807) is 4.31 Å². The summed E-state index contributed by atoms with van der Waals surface area (Å²) in [5.74, 6) is 1.55. The second-order valence-electron chi connectivity index (χ2n) is 6.13. The van der Waals surface area contributed by atoms with E-state index in [1.807, 2.05) is 18.8 Å². The fraction of sp³-hybridized carbons (Fsp3) is 1.00. The van der Waals surface area contributed by atoms with Gasteiger partial charge in [-0.3, -0.25) is 0 Å². The largest absolute Gasteiger partial charge is 0.319 e. The Kier molecular flexibility index (Phi) is 6.80. The Hall–Kier alpha value is 0.180. The summed E-state index contributed by atoms with van der Waals surface area (Å²) in [7, 11) is -1.38. The molecule has 1 heterocycles. The molecule has 1 aliphatic carbocycles. The second kappa shape index (κ2) is 8.15. The minimum atomic E-state index is -3.31. The molecular weight excluding hydrogens is 306 g/mol. The Bertz CT molecular complexity index is 414. The van der Waals surface area contributed by atoms with Crippen LogP contribution >= 0.6 is 11.8 Å². The van der Waals surface area contributed by atoms with Crippen LogP contribution in [0.2, 0.25) is 0 Å². The summed E-state index contributed by atoms with van der Waals surface area (Å²) in [6.45, 7) is 4.37. The van der Waals surface area contributed by atoms with Gasteiger partial charge in [-0.25, -0.2) is 0 Å². The van der Waals surface area contributed by atoms with E-state index in [0.717, 1.165) is 44.4 Å². The van der Waals surface area contributed by atoms with E-state index in [0.29, 0.717) is 24.3 Å². The average Bonchev–Trinajstić information content (AvgIpc) is 2.86. The minimum absolute atomic E-state index is 0.128. The average molecular weight is 336 g/mol. The predicted molar refractivity (Wildman–Crippen MR) is 89.8 cm³/mol.